The minimum Gasteiger partial charge on any atom is -0.506 e. The van der Waals surface area contributed by atoms with E-state index in [4.69, 9.17) is 10.2 Å². The average molecular weight is 448 g/mol. The van der Waals surface area contributed by atoms with E-state index in [-0.39, 0.29) is 54.2 Å². The van der Waals surface area contributed by atoms with E-state index in [2.05, 4.69) is 4.98 Å². The summed E-state index contributed by atoms with van der Waals surface area (Å²) in [6.45, 7) is -0.0741. The normalized spacial score (nSPS) is 15.0. The van der Waals surface area contributed by atoms with Crippen LogP contribution in [0.25, 0.3) is 10.9 Å². The van der Waals surface area contributed by atoms with Crippen molar-refractivity contribution in [2.45, 2.75) is 18.8 Å². The summed E-state index contributed by atoms with van der Waals surface area (Å²) in [4.78, 5) is 54.8. The van der Waals surface area contributed by atoms with Crippen LogP contribution >= 0.6 is 0 Å². The smallest absolute Gasteiger partial charge is 0.305 e. The zero-order valence-electron chi connectivity index (χ0n) is 17.4. The number of para-hydroxylation sites is 1. The Morgan fingerprint density at radius 3 is 2.24 bits per heavy atom. The lowest BCUT2D eigenvalue weighted by molar-refractivity contribution is -0.137. The molecule has 1 atom stereocenters. The SMILES string of the molecule is O=C(O)CCN(CCC(=O)O)c1cccc2c1C(=O)C(c1nc3ccccc3cc1O)C2=O. The summed E-state index contributed by atoms with van der Waals surface area (Å²) in [6, 6.07) is 13.1. The monoisotopic (exact) mass is 448 g/mol. The lowest BCUT2D eigenvalue weighted by atomic mass is 9.97. The molecule has 1 aliphatic rings. The van der Waals surface area contributed by atoms with Gasteiger partial charge in [0.15, 0.2) is 11.6 Å². The molecule has 0 saturated carbocycles. The molecule has 3 N–H and O–H groups in total. The Bertz CT molecular complexity index is 1280. The summed E-state index contributed by atoms with van der Waals surface area (Å²) in [7, 11) is 0. The number of rotatable bonds is 8. The third kappa shape index (κ3) is 4.12. The van der Waals surface area contributed by atoms with Crippen LogP contribution in [0.15, 0.2) is 48.5 Å². The number of carbonyl (C=O) groups excluding carboxylic acids is 2. The van der Waals surface area contributed by atoms with Crippen LogP contribution in [0.1, 0.15) is 45.2 Å². The number of aromatic nitrogens is 1. The molecule has 0 amide bonds. The number of carboxylic acid groups (broad SMARTS) is 2. The molecule has 3 aromatic rings. The molecule has 1 heterocycles. The summed E-state index contributed by atoms with van der Waals surface area (Å²) in [6.07, 6.45) is -0.552. The molecule has 0 saturated heterocycles. The Labute approximate surface area is 187 Å². The van der Waals surface area contributed by atoms with Crippen molar-refractivity contribution in [2.75, 3.05) is 18.0 Å². The summed E-state index contributed by atoms with van der Waals surface area (Å²) < 4.78 is 0. The number of aliphatic carboxylic acids is 2. The van der Waals surface area contributed by atoms with Crippen LogP contribution in [-0.4, -0.2) is 56.9 Å². The zero-order valence-corrected chi connectivity index (χ0v) is 17.4. The van der Waals surface area contributed by atoms with Crippen molar-refractivity contribution in [3.63, 3.8) is 0 Å². The maximum atomic E-state index is 13.5. The van der Waals surface area contributed by atoms with Gasteiger partial charge in [0.1, 0.15) is 17.4 Å². The zero-order chi connectivity index (χ0) is 23.7. The van der Waals surface area contributed by atoms with E-state index >= 15 is 0 Å². The quantitative estimate of drug-likeness (QED) is 0.443. The van der Waals surface area contributed by atoms with Crippen molar-refractivity contribution in [1.82, 2.24) is 4.98 Å². The van der Waals surface area contributed by atoms with E-state index in [1.807, 2.05) is 0 Å². The van der Waals surface area contributed by atoms with Crippen molar-refractivity contribution in [3.8, 4) is 5.75 Å². The number of hydrogen-bond acceptors (Lipinski definition) is 7. The molecule has 0 spiro atoms. The minimum absolute atomic E-state index is 0.0370. The number of carboxylic acids is 2. The van der Waals surface area contributed by atoms with Crippen LogP contribution in [0.5, 0.6) is 5.75 Å². The van der Waals surface area contributed by atoms with Gasteiger partial charge in [-0.05, 0) is 18.2 Å². The van der Waals surface area contributed by atoms with Gasteiger partial charge in [0.25, 0.3) is 0 Å². The highest BCUT2D eigenvalue weighted by Gasteiger charge is 2.44. The van der Waals surface area contributed by atoms with Gasteiger partial charge in [0.05, 0.1) is 23.9 Å². The molecule has 1 aromatic heterocycles. The first-order valence-corrected chi connectivity index (χ1v) is 10.3. The molecule has 1 aliphatic carbocycles. The largest absolute Gasteiger partial charge is 0.506 e. The van der Waals surface area contributed by atoms with Gasteiger partial charge in [0, 0.05) is 29.7 Å². The second-order valence-corrected chi connectivity index (χ2v) is 7.72. The van der Waals surface area contributed by atoms with Gasteiger partial charge in [-0.2, -0.15) is 0 Å². The topological polar surface area (TPSA) is 145 Å². The van der Waals surface area contributed by atoms with Crippen molar-refractivity contribution in [3.05, 3.63) is 65.4 Å². The first kappa shape index (κ1) is 21.9. The third-order valence-electron chi connectivity index (χ3n) is 5.62. The van der Waals surface area contributed by atoms with E-state index in [0.29, 0.717) is 10.9 Å². The summed E-state index contributed by atoms with van der Waals surface area (Å²) in [5.74, 6) is -4.86. The lowest BCUT2D eigenvalue weighted by Crippen LogP contribution is -2.30. The molecule has 0 radical (unpaired) electrons. The fraction of sp³-hybridized carbons (Fsp3) is 0.208. The number of Topliss-reactive ketones (excluding diaryl/α,β-unsaturated/α-hetero) is 2. The molecule has 0 bridgehead atoms. The Balaban J connectivity index is 1.77. The van der Waals surface area contributed by atoms with Gasteiger partial charge in [-0.3, -0.25) is 19.2 Å². The summed E-state index contributed by atoms with van der Waals surface area (Å²) >= 11 is 0. The number of hydrogen-bond donors (Lipinski definition) is 3. The highest BCUT2D eigenvalue weighted by molar-refractivity contribution is 6.31. The third-order valence-corrected chi connectivity index (χ3v) is 5.62. The number of benzene rings is 2. The Hall–Kier alpha value is -4.27. The number of anilines is 1. The van der Waals surface area contributed by atoms with Crippen molar-refractivity contribution < 1.29 is 34.5 Å². The van der Waals surface area contributed by atoms with Gasteiger partial charge in [-0.25, -0.2) is 4.98 Å². The van der Waals surface area contributed by atoms with Gasteiger partial charge < -0.3 is 20.2 Å². The molecule has 2 aromatic carbocycles. The molecular weight excluding hydrogens is 428 g/mol. The minimum atomic E-state index is -1.34. The number of aromatic hydroxyl groups is 1. The van der Waals surface area contributed by atoms with E-state index < -0.39 is 29.4 Å². The van der Waals surface area contributed by atoms with Crippen LogP contribution in [0, 0.1) is 0 Å². The fourth-order valence-corrected chi connectivity index (χ4v) is 4.08. The predicted octanol–water partition coefficient (Wildman–Crippen LogP) is 2.86. The molecule has 0 aliphatic heterocycles. The average Bonchev–Trinajstić information content (AvgIpc) is 3.03. The van der Waals surface area contributed by atoms with Crippen molar-refractivity contribution >= 4 is 40.1 Å². The Morgan fingerprint density at radius 2 is 1.58 bits per heavy atom. The van der Waals surface area contributed by atoms with Gasteiger partial charge >= 0.3 is 11.9 Å². The van der Waals surface area contributed by atoms with E-state index in [1.54, 1.807) is 36.4 Å². The van der Waals surface area contributed by atoms with Crippen LogP contribution in [0.4, 0.5) is 5.69 Å². The number of fused-ring (bicyclic) bond motifs is 2. The lowest BCUT2D eigenvalue weighted by Gasteiger charge is -2.25. The standard InChI is InChI=1S/C24H20N2O7/c27-17-12-13-4-1-2-6-15(13)25-22(17)21-23(32)14-5-3-7-16(20(14)24(21)33)26(10-8-18(28)29)11-9-19(30)31/h1-7,12,21,27H,8-11H2,(H,28,29)(H,30,31). The second kappa shape index (κ2) is 8.70. The van der Waals surface area contributed by atoms with Crippen molar-refractivity contribution in [1.29, 1.82) is 0 Å². The number of ketones is 2. The molecule has 1 unspecified atom stereocenters. The molecule has 4 rings (SSSR count). The van der Waals surface area contributed by atoms with Crippen LogP contribution in [0.3, 0.4) is 0 Å². The number of carbonyl (C=O) groups is 4. The first-order chi connectivity index (χ1) is 15.8. The molecule has 168 valence electrons. The second-order valence-electron chi connectivity index (χ2n) is 7.72. The number of nitrogens with zero attached hydrogens (tertiary/aromatic N) is 2. The Kier molecular flexibility index (Phi) is 5.78. The van der Waals surface area contributed by atoms with Crippen LogP contribution in [-0.2, 0) is 9.59 Å². The van der Waals surface area contributed by atoms with Gasteiger partial charge in [-0.1, -0.05) is 30.3 Å². The molecule has 9 nitrogen and oxygen atoms in total. The predicted molar refractivity (Wildman–Crippen MR) is 118 cm³/mol. The molecular formula is C24H20N2O7. The van der Waals surface area contributed by atoms with Gasteiger partial charge in [-0.15, -0.1) is 0 Å². The van der Waals surface area contributed by atoms with Crippen LogP contribution in [0.2, 0.25) is 0 Å². The number of pyridine rings is 1. The summed E-state index contributed by atoms with van der Waals surface area (Å²) in [5, 5.41) is 29.4. The maximum Gasteiger partial charge on any atom is 0.305 e. The highest BCUT2D eigenvalue weighted by atomic mass is 16.4. The van der Waals surface area contributed by atoms with Crippen molar-refractivity contribution in [2.24, 2.45) is 0 Å². The molecule has 33 heavy (non-hydrogen) atoms. The fourth-order valence-electron chi connectivity index (χ4n) is 4.08. The molecule has 0 fully saturated rings. The van der Waals surface area contributed by atoms with E-state index in [9.17, 15) is 24.3 Å². The van der Waals surface area contributed by atoms with E-state index in [0.717, 1.165) is 0 Å². The highest BCUT2D eigenvalue weighted by Crippen LogP contribution is 2.41. The van der Waals surface area contributed by atoms with E-state index in [1.165, 1.54) is 17.0 Å². The first-order valence-electron chi connectivity index (χ1n) is 10.3. The molecule has 9 heteroatoms. The summed E-state index contributed by atoms with van der Waals surface area (Å²) in [5.41, 5.74) is 0.973. The maximum absolute atomic E-state index is 13.5. The van der Waals surface area contributed by atoms with Crippen LogP contribution < -0.4 is 4.90 Å². The van der Waals surface area contributed by atoms with Gasteiger partial charge in [0.2, 0.25) is 0 Å². The Morgan fingerprint density at radius 1 is 0.909 bits per heavy atom.